The zero-order chi connectivity index (χ0) is 12.1. The second-order valence-electron chi connectivity index (χ2n) is 3.69. The van der Waals surface area contributed by atoms with E-state index in [9.17, 15) is 5.11 Å². The highest BCUT2D eigenvalue weighted by atomic mass is 16.5. The molecule has 0 spiro atoms. The van der Waals surface area contributed by atoms with E-state index >= 15 is 0 Å². The maximum absolute atomic E-state index is 9.32. The number of hydrogen-bond acceptors (Lipinski definition) is 4. The minimum absolute atomic E-state index is 0.161. The molecule has 0 aromatic heterocycles. The van der Waals surface area contributed by atoms with Crippen LogP contribution in [0.15, 0.2) is 40.4 Å². The third-order valence-corrected chi connectivity index (χ3v) is 2.40. The van der Waals surface area contributed by atoms with Crippen molar-refractivity contribution in [2.24, 2.45) is 10.1 Å². The van der Waals surface area contributed by atoms with Crippen molar-refractivity contribution in [3.05, 3.63) is 46.3 Å². The standard InChI is InChI=1S/C11H12N4O2/c12-15-14-10(16)6-9-7-17-11(13-9)8-4-2-1-3-5-8/h1-5,9-10,16H,6-7H2/t9-,10-/m0/s1. The highest BCUT2D eigenvalue weighted by Gasteiger charge is 2.22. The Morgan fingerprint density at radius 3 is 3.00 bits per heavy atom. The van der Waals surface area contributed by atoms with Gasteiger partial charge in [0.25, 0.3) is 0 Å². The molecule has 0 amide bonds. The maximum Gasteiger partial charge on any atom is 0.216 e. The molecule has 0 unspecified atom stereocenters. The van der Waals surface area contributed by atoms with E-state index in [0.29, 0.717) is 12.5 Å². The van der Waals surface area contributed by atoms with Gasteiger partial charge in [-0.15, -0.1) is 0 Å². The van der Waals surface area contributed by atoms with Crippen molar-refractivity contribution in [1.29, 1.82) is 0 Å². The third kappa shape index (κ3) is 2.96. The molecule has 6 nitrogen and oxygen atoms in total. The monoisotopic (exact) mass is 232 g/mol. The van der Waals surface area contributed by atoms with Crippen molar-refractivity contribution in [3.63, 3.8) is 0 Å². The van der Waals surface area contributed by atoms with Crippen molar-refractivity contribution in [2.75, 3.05) is 6.61 Å². The van der Waals surface area contributed by atoms with E-state index in [-0.39, 0.29) is 12.5 Å². The first-order valence-corrected chi connectivity index (χ1v) is 5.28. The normalized spacial score (nSPS) is 20.1. The van der Waals surface area contributed by atoms with Crippen LogP contribution in [-0.4, -0.2) is 29.9 Å². The van der Waals surface area contributed by atoms with Gasteiger partial charge in [0.05, 0.1) is 6.04 Å². The summed E-state index contributed by atoms with van der Waals surface area (Å²) < 4.78 is 5.43. The number of aliphatic hydroxyl groups excluding tert-OH is 1. The minimum atomic E-state index is -1.05. The predicted molar refractivity (Wildman–Crippen MR) is 62.5 cm³/mol. The second kappa shape index (κ2) is 5.34. The molecule has 0 aliphatic carbocycles. The average molecular weight is 232 g/mol. The van der Waals surface area contributed by atoms with Gasteiger partial charge >= 0.3 is 0 Å². The number of benzene rings is 1. The van der Waals surface area contributed by atoms with E-state index in [1.807, 2.05) is 30.3 Å². The molecule has 0 saturated carbocycles. The van der Waals surface area contributed by atoms with Gasteiger partial charge in [0.15, 0.2) is 0 Å². The van der Waals surface area contributed by atoms with Crippen LogP contribution in [0, 0.1) is 0 Å². The summed E-state index contributed by atoms with van der Waals surface area (Å²) in [6.07, 6.45) is -0.770. The molecule has 6 heteroatoms. The molecule has 2 rings (SSSR count). The Hall–Kier alpha value is -2.04. The van der Waals surface area contributed by atoms with Gasteiger partial charge in [-0.05, 0) is 17.7 Å². The number of rotatable bonds is 4. The molecule has 0 bridgehead atoms. The molecule has 17 heavy (non-hydrogen) atoms. The van der Waals surface area contributed by atoms with Crippen LogP contribution in [0.25, 0.3) is 10.4 Å². The van der Waals surface area contributed by atoms with Gasteiger partial charge in [-0.2, -0.15) is 0 Å². The quantitative estimate of drug-likeness (QED) is 0.487. The Morgan fingerprint density at radius 2 is 2.29 bits per heavy atom. The highest BCUT2D eigenvalue weighted by Crippen LogP contribution is 2.15. The molecule has 1 aromatic rings. The molecule has 1 aliphatic heterocycles. The lowest BCUT2D eigenvalue weighted by Crippen LogP contribution is -2.14. The van der Waals surface area contributed by atoms with Crippen molar-refractivity contribution in [2.45, 2.75) is 18.7 Å². The summed E-state index contributed by atoms with van der Waals surface area (Å²) >= 11 is 0. The van der Waals surface area contributed by atoms with E-state index in [1.165, 1.54) is 0 Å². The molecule has 1 aliphatic rings. The fourth-order valence-corrected chi connectivity index (χ4v) is 1.62. The van der Waals surface area contributed by atoms with Gasteiger partial charge in [0.1, 0.15) is 12.8 Å². The summed E-state index contributed by atoms with van der Waals surface area (Å²) in [7, 11) is 0. The Morgan fingerprint density at radius 1 is 1.53 bits per heavy atom. The van der Waals surface area contributed by atoms with Gasteiger partial charge in [0, 0.05) is 16.9 Å². The number of hydrogen-bond donors (Lipinski definition) is 1. The second-order valence-corrected chi connectivity index (χ2v) is 3.69. The van der Waals surface area contributed by atoms with E-state index in [4.69, 9.17) is 10.3 Å². The average Bonchev–Trinajstić information content (AvgIpc) is 2.79. The van der Waals surface area contributed by atoms with E-state index in [2.05, 4.69) is 15.0 Å². The molecule has 1 aromatic carbocycles. The minimum Gasteiger partial charge on any atom is -0.475 e. The van der Waals surface area contributed by atoms with Crippen LogP contribution >= 0.6 is 0 Å². The molecule has 1 N–H and O–H groups in total. The largest absolute Gasteiger partial charge is 0.475 e. The first kappa shape index (κ1) is 11.4. The van der Waals surface area contributed by atoms with Crippen LogP contribution in [0.5, 0.6) is 0 Å². The molecule has 1 heterocycles. The van der Waals surface area contributed by atoms with Gasteiger partial charge in [-0.25, -0.2) is 4.99 Å². The molecular formula is C11H12N4O2. The van der Waals surface area contributed by atoms with Crippen LogP contribution in [0.4, 0.5) is 0 Å². The molecule has 0 radical (unpaired) electrons. The maximum atomic E-state index is 9.32. The fraction of sp³-hybridized carbons (Fsp3) is 0.364. The third-order valence-electron chi connectivity index (χ3n) is 2.40. The molecule has 2 atom stereocenters. The number of aliphatic imine (C=N–C) groups is 1. The topological polar surface area (TPSA) is 90.6 Å². The highest BCUT2D eigenvalue weighted by molar-refractivity contribution is 5.95. The van der Waals surface area contributed by atoms with E-state index < -0.39 is 6.23 Å². The van der Waals surface area contributed by atoms with Crippen LogP contribution < -0.4 is 0 Å². The van der Waals surface area contributed by atoms with Crippen molar-refractivity contribution in [3.8, 4) is 0 Å². The van der Waals surface area contributed by atoms with Crippen molar-refractivity contribution >= 4 is 5.90 Å². The zero-order valence-electron chi connectivity index (χ0n) is 9.10. The van der Waals surface area contributed by atoms with Crippen LogP contribution in [0.1, 0.15) is 12.0 Å². The Bertz CT molecular complexity index is 454. The lowest BCUT2D eigenvalue weighted by molar-refractivity contribution is 0.155. The molecule has 0 saturated heterocycles. The van der Waals surface area contributed by atoms with Crippen molar-refractivity contribution < 1.29 is 9.84 Å². The number of azide groups is 1. The smallest absolute Gasteiger partial charge is 0.216 e. The SMILES string of the molecule is [N-]=[N+]=N[C@@H](O)C[C@H]1COC(c2ccccc2)=N1. The molecule has 0 fully saturated rings. The number of nitrogens with zero attached hydrogens (tertiary/aromatic N) is 4. The molecule has 88 valence electrons. The first-order chi connectivity index (χ1) is 8.29. The lowest BCUT2D eigenvalue weighted by atomic mass is 10.2. The summed E-state index contributed by atoms with van der Waals surface area (Å²) in [4.78, 5) is 6.87. The predicted octanol–water partition coefficient (Wildman–Crippen LogP) is 1.85. The number of ether oxygens (including phenoxy) is 1. The van der Waals surface area contributed by atoms with Crippen LogP contribution in [-0.2, 0) is 4.74 Å². The summed E-state index contributed by atoms with van der Waals surface area (Å²) in [5.41, 5.74) is 9.08. The van der Waals surface area contributed by atoms with Gasteiger partial charge in [0.2, 0.25) is 5.90 Å². The summed E-state index contributed by atoms with van der Waals surface area (Å²) in [5.74, 6) is 0.573. The summed E-state index contributed by atoms with van der Waals surface area (Å²) in [6, 6.07) is 9.38. The summed E-state index contributed by atoms with van der Waals surface area (Å²) in [5, 5.41) is 12.5. The lowest BCUT2D eigenvalue weighted by Gasteiger charge is -2.05. The first-order valence-electron chi connectivity index (χ1n) is 5.28. The summed E-state index contributed by atoms with van der Waals surface area (Å²) in [6.45, 7) is 0.405. The van der Waals surface area contributed by atoms with Crippen molar-refractivity contribution in [1.82, 2.24) is 0 Å². The van der Waals surface area contributed by atoms with Crippen LogP contribution in [0.2, 0.25) is 0 Å². The van der Waals surface area contributed by atoms with Gasteiger partial charge in [-0.3, -0.25) is 0 Å². The van der Waals surface area contributed by atoms with Gasteiger partial charge in [-0.1, -0.05) is 23.3 Å². The van der Waals surface area contributed by atoms with Gasteiger partial charge < -0.3 is 9.84 Å². The van der Waals surface area contributed by atoms with E-state index in [0.717, 1.165) is 5.56 Å². The molecular weight excluding hydrogens is 220 g/mol. The Balaban J connectivity index is 2.02. The fourth-order valence-electron chi connectivity index (χ4n) is 1.62. The number of aliphatic hydroxyl groups is 1. The zero-order valence-corrected chi connectivity index (χ0v) is 9.10. The Labute approximate surface area is 98.2 Å². The Kier molecular flexibility index (Phi) is 3.59. The van der Waals surface area contributed by atoms with Crippen LogP contribution in [0.3, 0.4) is 0 Å². The van der Waals surface area contributed by atoms with E-state index in [1.54, 1.807) is 0 Å².